The van der Waals surface area contributed by atoms with Gasteiger partial charge >= 0.3 is 0 Å². The molecule has 4 heterocycles. The molecule has 222 valence electrons. The molecule has 1 saturated heterocycles. The predicted octanol–water partition coefficient (Wildman–Crippen LogP) is 3.87. The van der Waals surface area contributed by atoms with Gasteiger partial charge in [0.1, 0.15) is 29.7 Å². The van der Waals surface area contributed by atoms with Gasteiger partial charge < -0.3 is 29.7 Å². The number of rotatable bonds is 8. The maximum absolute atomic E-state index is 14.4. The summed E-state index contributed by atoms with van der Waals surface area (Å²) in [5.74, 6) is 1.28. The number of hydrogen-bond donors (Lipinski definition) is 2. The predicted molar refractivity (Wildman–Crippen MR) is 154 cm³/mol. The van der Waals surface area contributed by atoms with Crippen LogP contribution in [0, 0.1) is 5.82 Å². The highest BCUT2D eigenvalue weighted by Crippen LogP contribution is 2.36. The molecule has 11 heteroatoms. The van der Waals surface area contributed by atoms with E-state index in [0.717, 1.165) is 49.4 Å². The van der Waals surface area contributed by atoms with E-state index in [0.29, 0.717) is 37.5 Å². The Hall–Kier alpha value is -3.83. The average molecular weight is 577 g/mol. The van der Waals surface area contributed by atoms with Crippen LogP contribution >= 0.6 is 0 Å². The van der Waals surface area contributed by atoms with E-state index in [1.54, 1.807) is 11.1 Å². The van der Waals surface area contributed by atoms with Crippen molar-refractivity contribution in [3.63, 3.8) is 0 Å². The van der Waals surface area contributed by atoms with Crippen molar-refractivity contribution in [2.24, 2.45) is 0 Å². The Labute approximate surface area is 244 Å². The van der Waals surface area contributed by atoms with Gasteiger partial charge in [-0.3, -0.25) is 9.78 Å². The number of benzene rings is 1. The highest BCUT2D eigenvalue weighted by Gasteiger charge is 2.38. The van der Waals surface area contributed by atoms with Gasteiger partial charge in [-0.1, -0.05) is 0 Å². The maximum Gasteiger partial charge on any atom is 0.258 e. The fourth-order valence-corrected chi connectivity index (χ4v) is 6.06. The van der Waals surface area contributed by atoms with E-state index in [-0.39, 0.29) is 35.4 Å². The normalized spacial score (nSPS) is 20.5. The van der Waals surface area contributed by atoms with Crippen LogP contribution in [0.15, 0.2) is 43.0 Å². The van der Waals surface area contributed by atoms with Gasteiger partial charge in [-0.15, -0.1) is 0 Å². The average Bonchev–Trinajstić information content (AvgIpc) is 2.98. The molecule has 0 unspecified atom stereocenters. The van der Waals surface area contributed by atoms with E-state index < -0.39 is 11.9 Å². The Morgan fingerprint density at radius 3 is 2.71 bits per heavy atom. The van der Waals surface area contributed by atoms with E-state index in [1.165, 1.54) is 24.5 Å². The van der Waals surface area contributed by atoms with Crippen molar-refractivity contribution >= 4 is 11.7 Å². The Bertz CT molecular complexity index is 1420. The number of carbonyl (C=O) groups is 1. The van der Waals surface area contributed by atoms with Crippen LogP contribution in [0.5, 0.6) is 17.2 Å². The van der Waals surface area contributed by atoms with Gasteiger partial charge in [-0.05, 0) is 51.0 Å². The number of aliphatic hydroxyl groups is 1. The molecule has 2 fully saturated rings. The lowest BCUT2D eigenvalue weighted by molar-refractivity contribution is -0.00469. The zero-order chi connectivity index (χ0) is 29.2. The number of anilines is 1. The van der Waals surface area contributed by atoms with Gasteiger partial charge in [0.2, 0.25) is 0 Å². The molecule has 2 aromatic heterocycles. The number of nitrogens with one attached hydrogen (secondary N) is 1. The number of halogens is 1. The van der Waals surface area contributed by atoms with Crippen molar-refractivity contribution in [2.45, 2.75) is 76.8 Å². The largest absolute Gasteiger partial charge is 0.490 e. The maximum atomic E-state index is 14.4. The second kappa shape index (κ2) is 12.2. The number of ether oxygens (including phenoxy) is 2. The number of nitrogens with zero attached hydrogens (tertiary/aromatic N) is 5. The standard InChI is InChI=1S/C31H37FN6O4/c1-19(2)38(21-14-22(39)15-21)31(40)24-13-20(32)3-4-27(24)42-29-17-34-18-36-30(29)37-11-7-23(8-12-37)41-28-6-10-35-26-5-9-33-16-25(26)28/h3-4,6,10,13,17-19,21-23,33,39H,5,7-9,11-12,14-16H2,1-2H3. The van der Waals surface area contributed by atoms with Crippen molar-refractivity contribution in [3.8, 4) is 17.2 Å². The first kappa shape index (κ1) is 28.3. The van der Waals surface area contributed by atoms with Crippen LogP contribution in [0.25, 0.3) is 0 Å². The van der Waals surface area contributed by atoms with Crippen LogP contribution in [0.4, 0.5) is 10.2 Å². The fourth-order valence-electron chi connectivity index (χ4n) is 6.06. The van der Waals surface area contributed by atoms with Crippen LogP contribution < -0.4 is 19.7 Å². The van der Waals surface area contributed by atoms with E-state index >= 15 is 0 Å². The van der Waals surface area contributed by atoms with Crippen molar-refractivity contribution in [3.05, 3.63) is 65.6 Å². The molecule has 6 rings (SSSR count). The summed E-state index contributed by atoms with van der Waals surface area (Å²) in [7, 11) is 0. The number of pyridine rings is 1. The smallest absolute Gasteiger partial charge is 0.258 e. The number of piperidine rings is 1. The van der Waals surface area contributed by atoms with E-state index in [9.17, 15) is 14.3 Å². The number of aliphatic hydroxyl groups excluding tert-OH is 1. The summed E-state index contributed by atoms with van der Waals surface area (Å²) in [5.41, 5.74) is 2.38. The Morgan fingerprint density at radius 2 is 1.95 bits per heavy atom. The molecule has 10 nitrogen and oxygen atoms in total. The van der Waals surface area contributed by atoms with Crippen LogP contribution in [0.3, 0.4) is 0 Å². The molecule has 42 heavy (non-hydrogen) atoms. The molecule has 1 aromatic carbocycles. The number of fused-ring (bicyclic) bond motifs is 1. The zero-order valence-electron chi connectivity index (χ0n) is 24.0. The second-order valence-electron chi connectivity index (χ2n) is 11.5. The molecule has 3 aromatic rings. The minimum absolute atomic E-state index is 0.0641. The van der Waals surface area contributed by atoms with Crippen molar-refractivity contribution in [1.29, 1.82) is 0 Å². The Kier molecular flexibility index (Phi) is 8.21. The van der Waals surface area contributed by atoms with Gasteiger partial charge in [0.05, 0.1) is 17.9 Å². The zero-order valence-corrected chi connectivity index (χ0v) is 24.0. The second-order valence-corrected chi connectivity index (χ2v) is 11.5. The summed E-state index contributed by atoms with van der Waals surface area (Å²) in [6, 6.07) is 5.68. The summed E-state index contributed by atoms with van der Waals surface area (Å²) < 4.78 is 27.1. The minimum Gasteiger partial charge on any atom is -0.490 e. The minimum atomic E-state index is -0.527. The van der Waals surface area contributed by atoms with Gasteiger partial charge in [0.25, 0.3) is 5.91 Å². The topological polar surface area (TPSA) is 113 Å². The summed E-state index contributed by atoms with van der Waals surface area (Å²) in [6.07, 6.45) is 8.02. The van der Waals surface area contributed by atoms with Crippen LogP contribution in [-0.4, -0.2) is 74.8 Å². The van der Waals surface area contributed by atoms with Crippen LogP contribution in [0.1, 0.15) is 61.1 Å². The third kappa shape index (κ3) is 5.89. The first-order valence-electron chi connectivity index (χ1n) is 14.7. The molecular formula is C31H37FN6O4. The lowest BCUT2D eigenvalue weighted by atomic mass is 9.87. The lowest BCUT2D eigenvalue weighted by Crippen LogP contribution is -2.52. The fraction of sp³-hybridized carbons (Fsp3) is 0.484. The molecule has 2 N–H and O–H groups in total. The molecule has 2 aliphatic heterocycles. The molecule has 0 spiro atoms. The van der Waals surface area contributed by atoms with Crippen LogP contribution in [0.2, 0.25) is 0 Å². The van der Waals surface area contributed by atoms with E-state index in [1.807, 2.05) is 26.1 Å². The monoisotopic (exact) mass is 576 g/mol. The van der Waals surface area contributed by atoms with Crippen molar-refractivity contribution in [1.82, 2.24) is 25.2 Å². The number of aromatic nitrogens is 3. The lowest BCUT2D eigenvalue weighted by Gasteiger charge is -2.43. The summed E-state index contributed by atoms with van der Waals surface area (Å²) >= 11 is 0. The number of amides is 1. The van der Waals surface area contributed by atoms with Gasteiger partial charge in [-0.2, -0.15) is 0 Å². The highest BCUT2D eigenvalue weighted by molar-refractivity contribution is 5.97. The molecular weight excluding hydrogens is 539 g/mol. The number of hydrogen-bond acceptors (Lipinski definition) is 9. The van der Waals surface area contributed by atoms with E-state index in [4.69, 9.17) is 9.47 Å². The van der Waals surface area contributed by atoms with Crippen LogP contribution in [-0.2, 0) is 13.0 Å². The summed E-state index contributed by atoms with van der Waals surface area (Å²) in [4.78, 5) is 30.7. The third-order valence-electron chi connectivity index (χ3n) is 8.30. The highest BCUT2D eigenvalue weighted by atomic mass is 19.1. The first-order valence-corrected chi connectivity index (χ1v) is 14.7. The summed E-state index contributed by atoms with van der Waals surface area (Å²) in [5, 5.41) is 13.2. The molecule has 0 radical (unpaired) electrons. The van der Waals surface area contributed by atoms with E-state index in [2.05, 4.69) is 25.2 Å². The van der Waals surface area contributed by atoms with Gasteiger partial charge in [-0.25, -0.2) is 14.4 Å². The molecule has 0 bridgehead atoms. The molecule has 3 aliphatic rings. The molecule has 1 amide bonds. The number of carbonyl (C=O) groups excluding carboxylic acids is 1. The molecule has 0 atom stereocenters. The van der Waals surface area contributed by atoms with Crippen molar-refractivity contribution in [2.75, 3.05) is 24.5 Å². The Morgan fingerprint density at radius 1 is 1.14 bits per heavy atom. The molecule has 1 saturated carbocycles. The third-order valence-corrected chi connectivity index (χ3v) is 8.30. The SMILES string of the molecule is CC(C)N(C(=O)c1cc(F)ccc1Oc1cncnc1N1CCC(Oc2ccnc3c2CNCC3)CC1)C1CC(O)C1. The van der Waals surface area contributed by atoms with Crippen molar-refractivity contribution < 1.29 is 23.8 Å². The molecule has 1 aliphatic carbocycles. The summed E-state index contributed by atoms with van der Waals surface area (Å²) in [6.45, 7) is 6.93. The quantitative estimate of drug-likeness (QED) is 0.413. The van der Waals surface area contributed by atoms with Gasteiger partial charge in [0.15, 0.2) is 11.6 Å². The first-order chi connectivity index (χ1) is 20.4. The van der Waals surface area contributed by atoms with Gasteiger partial charge in [0, 0.05) is 75.0 Å². The Balaban J connectivity index is 1.17.